The second kappa shape index (κ2) is 11.0. The first-order valence-electron chi connectivity index (χ1n) is 11.2. The zero-order valence-electron chi connectivity index (χ0n) is 19.6. The summed E-state index contributed by atoms with van der Waals surface area (Å²) in [5.41, 5.74) is 3.85. The van der Waals surface area contributed by atoms with E-state index >= 15 is 0 Å². The summed E-state index contributed by atoms with van der Waals surface area (Å²) in [6.07, 6.45) is 2.62. The zero-order valence-corrected chi connectivity index (χ0v) is 20.4. The lowest BCUT2D eigenvalue weighted by Crippen LogP contribution is -2.30. The Hall–Kier alpha value is -4.22. The number of ether oxygens (including phenoxy) is 1. The van der Waals surface area contributed by atoms with Crippen LogP contribution in [0.4, 0.5) is 11.4 Å². The number of fused-ring (bicyclic) bond motifs is 1. The molecular formula is C25H26N6O4S. The molecule has 10 nitrogen and oxygen atoms in total. The normalized spacial score (nSPS) is 11.2. The molecule has 4 rings (SSSR count). The first-order chi connectivity index (χ1) is 17.4. The highest BCUT2D eigenvalue weighted by atomic mass is 32.2. The zero-order chi connectivity index (χ0) is 25.5. The molecule has 0 unspecified atom stereocenters. The van der Waals surface area contributed by atoms with Gasteiger partial charge in [-0.15, -0.1) is 0 Å². The maximum Gasteiger partial charge on any atom is 0.247 e. The van der Waals surface area contributed by atoms with Crippen molar-refractivity contribution >= 4 is 38.3 Å². The number of hydrogen-bond donors (Lipinski definition) is 4. The van der Waals surface area contributed by atoms with E-state index in [4.69, 9.17) is 4.74 Å². The summed E-state index contributed by atoms with van der Waals surface area (Å²) in [5, 5.41) is 6.60. The average molecular weight is 507 g/mol. The lowest BCUT2D eigenvalue weighted by Gasteiger charge is -2.08. The summed E-state index contributed by atoms with van der Waals surface area (Å²) in [7, 11) is -3.20. The molecule has 4 aromatic rings. The number of nitrogens with zero attached hydrogens (tertiary/aromatic N) is 2. The number of H-pyrrole nitrogens is 1. The van der Waals surface area contributed by atoms with E-state index in [0.717, 1.165) is 16.9 Å². The van der Waals surface area contributed by atoms with E-state index in [2.05, 4.69) is 36.9 Å². The fraction of sp³-hybridized carbons (Fsp3) is 0.160. The van der Waals surface area contributed by atoms with Crippen LogP contribution in [-0.4, -0.2) is 48.1 Å². The highest BCUT2D eigenvalue weighted by Gasteiger charge is 2.12. The number of nitrogens with one attached hydrogen (secondary N) is 4. The number of amides is 1. The molecule has 4 N–H and O–H groups in total. The van der Waals surface area contributed by atoms with Crippen molar-refractivity contribution in [2.75, 3.05) is 29.5 Å². The van der Waals surface area contributed by atoms with Crippen LogP contribution in [-0.2, 0) is 14.8 Å². The van der Waals surface area contributed by atoms with Gasteiger partial charge in [0.1, 0.15) is 17.7 Å². The summed E-state index contributed by atoms with van der Waals surface area (Å²) in [5.74, 6) is 0.636. The van der Waals surface area contributed by atoms with Gasteiger partial charge in [-0.05, 0) is 48.9 Å². The Morgan fingerprint density at radius 1 is 1.08 bits per heavy atom. The fourth-order valence-electron chi connectivity index (χ4n) is 3.38. The van der Waals surface area contributed by atoms with Crippen LogP contribution < -0.4 is 20.1 Å². The number of carbonyl (C=O) groups excluding carboxylic acids is 1. The van der Waals surface area contributed by atoms with Crippen molar-refractivity contribution in [2.45, 2.75) is 6.92 Å². The van der Waals surface area contributed by atoms with Crippen molar-refractivity contribution in [3.8, 4) is 22.9 Å². The van der Waals surface area contributed by atoms with Crippen molar-refractivity contribution in [3.05, 3.63) is 73.6 Å². The van der Waals surface area contributed by atoms with Crippen LogP contribution in [0.3, 0.4) is 0 Å². The monoisotopic (exact) mass is 506 g/mol. The second-order valence-corrected chi connectivity index (χ2v) is 9.84. The minimum atomic E-state index is -3.20. The van der Waals surface area contributed by atoms with Gasteiger partial charge in [0, 0.05) is 36.2 Å². The Morgan fingerprint density at radius 3 is 2.64 bits per heavy atom. The third kappa shape index (κ3) is 6.26. The quantitative estimate of drug-likeness (QED) is 0.179. The minimum absolute atomic E-state index is 0.0592. The Labute approximate surface area is 208 Å². The van der Waals surface area contributed by atoms with E-state index < -0.39 is 10.0 Å². The molecule has 2 heterocycles. The van der Waals surface area contributed by atoms with Crippen LogP contribution in [0.15, 0.2) is 73.6 Å². The number of sulfonamides is 1. The molecule has 0 radical (unpaired) electrons. The molecule has 186 valence electrons. The maximum absolute atomic E-state index is 11.6. The van der Waals surface area contributed by atoms with Gasteiger partial charge in [0.2, 0.25) is 21.8 Å². The molecule has 0 aliphatic heterocycles. The predicted molar refractivity (Wildman–Crippen MR) is 141 cm³/mol. The molecule has 36 heavy (non-hydrogen) atoms. The van der Waals surface area contributed by atoms with Gasteiger partial charge in [-0.1, -0.05) is 24.8 Å². The van der Waals surface area contributed by atoms with Crippen molar-refractivity contribution in [2.24, 2.45) is 0 Å². The fourth-order valence-corrected chi connectivity index (χ4v) is 4.00. The molecule has 11 heteroatoms. The summed E-state index contributed by atoms with van der Waals surface area (Å²) >= 11 is 0. The SMILES string of the molecule is C=CC(=O)Nc1cccc(Oc2ncnc3[nH]c(-c4ccc(NCCNS(=O)(=O)CC)cc4)cc23)c1. The van der Waals surface area contributed by atoms with Crippen LogP contribution >= 0.6 is 0 Å². The van der Waals surface area contributed by atoms with E-state index in [1.165, 1.54) is 12.4 Å². The average Bonchev–Trinajstić information content (AvgIpc) is 3.33. The second-order valence-electron chi connectivity index (χ2n) is 7.75. The first kappa shape index (κ1) is 24.9. The molecule has 0 aliphatic rings. The summed E-state index contributed by atoms with van der Waals surface area (Å²) in [6, 6.07) is 16.6. The summed E-state index contributed by atoms with van der Waals surface area (Å²) < 4.78 is 31.5. The molecule has 2 aromatic heterocycles. The summed E-state index contributed by atoms with van der Waals surface area (Å²) in [6.45, 7) is 5.83. The number of aromatic nitrogens is 3. The van der Waals surface area contributed by atoms with Gasteiger partial charge in [-0.2, -0.15) is 0 Å². The molecule has 0 aliphatic carbocycles. The van der Waals surface area contributed by atoms with E-state index in [0.29, 0.717) is 41.4 Å². The molecule has 0 atom stereocenters. The van der Waals surface area contributed by atoms with Crippen LogP contribution in [0.1, 0.15) is 6.92 Å². The van der Waals surface area contributed by atoms with Gasteiger partial charge in [0.25, 0.3) is 0 Å². The van der Waals surface area contributed by atoms with E-state index in [1.807, 2.05) is 30.3 Å². The van der Waals surface area contributed by atoms with E-state index in [9.17, 15) is 13.2 Å². The lowest BCUT2D eigenvalue weighted by atomic mass is 10.1. The lowest BCUT2D eigenvalue weighted by molar-refractivity contribution is -0.111. The van der Waals surface area contributed by atoms with Gasteiger partial charge in [-0.3, -0.25) is 4.79 Å². The standard InChI is InChI=1S/C25H26N6O4S/c1-3-23(32)30-19-6-5-7-20(14-19)35-25-21-15-22(31-24(21)27-16-28-25)17-8-10-18(11-9-17)26-12-13-29-36(33,34)4-2/h3,5-11,14-16,26,29H,1,4,12-13H2,2H3,(H,30,32)(H,27,28,31). The van der Waals surface area contributed by atoms with E-state index in [-0.39, 0.29) is 11.7 Å². The molecule has 2 aromatic carbocycles. The smallest absolute Gasteiger partial charge is 0.247 e. The first-order valence-corrected chi connectivity index (χ1v) is 12.9. The summed E-state index contributed by atoms with van der Waals surface area (Å²) in [4.78, 5) is 23.4. The number of aromatic amines is 1. The number of hydrogen-bond acceptors (Lipinski definition) is 7. The van der Waals surface area contributed by atoms with Crippen LogP contribution in [0.25, 0.3) is 22.3 Å². The third-order valence-electron chi connectivity index (χ3n) is 5.24. The Bertz CT molecular complexity index is 1480. The van der Waals surface area contributed by atoms with Gasteiger partial charge in [0.15, 0.2) is 0 Å². The van der Waals surface area contributed by atoms with Crippen LogP contribution in [0, 0.1) is 0 Å². The number of benzene rings is 2. The van der Waals surface area contributed by atoms with Crippen molar-refractivity contribution in [3.63, 3.8) is 0 Å². The molecular weight excluding hydrogens is 480 g/mol. The highest BCUT2D eigenvalue weighted by Crippen LogP contribution is 2.31. The molecule has 0 saturated heterocycles. The topological polar surface area (TPSA) is 138 Å². The van der Waals surface area contributed by atoms with Gasteiger partial charge in [0.05, 0.1) is 11.1 Å². The Kier molecular flexibility index (Phi) is 7.62. The Balaban J connectivity index is 1.46. The molecule has 1 amide bonds. The van der Waals surface area contributed by atoms with Gasteiger partial charge < -0.3 is 20.4 Å². The Morgan fingerprint density at radius 2 is 1.89 bits per heavy atom. The predicted octanol–water partition coefficient (Wildman–Crippen LogP) is 3.89. The van der Waals surface area contributed by atoms with Gasteiger partial charge >= 0.3 is 0 Å². The largest absolute Gasteiger partial charge is 0.438 e. The molecule has 0 saturated carbocycles. The maximum atomic E-state index is 11.6. The number of rotatable bonds is 11. The van der Waals surface area contributed by atoms with Crippen LogP contribution in [0.2, 0.25) is 0 Å². The molecule has 0 fully saturated rings. The van der Waals surface area contributed by atoms with Crippen molar-refractivity contribution < 1.29 is 17.9 Å². The number of carbonyl (C=O) groups is 1. The highest BCUT2D eigenvalue weighted by molar-refractivity contribution is 7.89. The molecule has 0 spiro atoms. The van der Waals surface area contributed by atoms with E-state index in [1.54, 1.807) is 31.2 Å². The van der Waals surface area contributed by atoms with Crippen molar-refractivity contribution in [1.82, 2.24) is 19.7 Å². The van der Waals surface area contributed by atoms with Crippen LogP contribution in [0.5, 0.6) is 11.6 Å². The molecule has 0 bridgehead atoms. The third-order valence-corrected chi connectivity index (χ3v) is 6.65. The van der Waals surface area contributed by atoms with Gasteiger partial charge in [-0.25, -0.2) is 23.1 Å². The number of anilines is 2. The van der Waals surface area contributed by atoms with Crippen molar-refractivity contribution in [1.29, 1.82) is 0 Å². The minimum Gasteiger partial charge on any atom is -0.438 e.